The van der Waals surface area contributed by atoms with Gasteiger partial charge < -0.3 is 4.18 Å². The molecule has 0 unspecified atom stereocenters. The molecule has 0 atom stereocenters. The highest BCUT2D eigenvalue weighted by atomic mass is 79.9. The van der Waals surface area contributed by atoms with Crippen molar-refractivity contribution in [1.29, 1.82) is 0 Å². The smallest absolute Gasteiger partial charge is 0.319 e. The highest BCUT2D eigenvalue weighted by Crippen LogP contribution is 2.11. The Morgan fingerprint density at radius 3 is 2.83 bits per heavy atom. The topological polar surface area (TPSA) is 61.2 Å². The minimum Gasteiger partial charge on any atom is -0.378 e. The first-order chi connectivity index (χ1) is 5.53. The highest BCUT2D eigenvalue weighted by Gasteiger charge is 2.10. The Bertz CT molecular complexity index is 359. The molecule has 0 N–H and O–H groups in total. The zero-order valence-electron chi connectivity index (χ0n) is 6.27. The summed E-state index contributed by atoms with van der Waals surface area (Å²) >= 11 is 2.80. The number of halogens is 1. The van der Waals surface area contributed by atoms with Gasteiger partial charge in [0, 0.05) is 7.05 Å². The Hall–Kier alpha value is -0.560. The van der Waals surface area contributed by atoms with Crippen molar-refractivity contribution in [2.24, 2.45) is 7.05 Å². The van der Waals surface area contributed by atoms with Gasteiger partial charge in [0.15, 0.2) is 5.75 Å². The summed E-state index contributed by atoms with van der Waals surface area (Å²) in [5.41, 5.74) is 0. The molecule has 1 aromatic rings. The third-order valence-corrected chi connectivity index (χ3v) is 3.43. The Balaban J connectivity index is 2.77. The molecular formula is C5H7BrN2O3S. The first-order valence-electron chi connectivity index (χ1n) is 3.00. The number of hydrogen-bond donors (Lipinski definition) is 0. The predicted molar refractivity (Wildman–Crippen MR) is 46.5 cm³/mol. The number of rotatable bonds is 3. The van der Waals surface area contributed by atoms with Crippen molar-refractivity contribution in [2.75, 3.05) is 4.66 Å². The normalized spacial score (nSPS) is 11.5. The lowest BCUT2D eigenvalue weighted by Crippen LogP contribution is -2.09. The summed E-state index contributed by atoms with van der Waals surface area (Å²) in [5.74, 6) is 0.219. The van der Waals surface area contributed by atoms with Crippen LogP contribution in [0.25, 0.3) is 0 Å². The summed E-state index contributed by atoms with van der Waals surface area (Å²) in [6, 6.07) is 0. The van der Waals surface area contributed by atoms with Crippen LogP contribution in [0.1, 0.15) is 0 Å². The molecule has 1 rings (SSSR count). The van der Waals surface area contributed by atoms with E-state index in [9.17, 15) is 8.42 Å². The molecule has 7 heteroatoms. The second-order valence-electron chi connectivity index (χ2n) is 2.10. The average Bonchev–Trinajstić information content (AvgIpc) is 2.35. The molecule has 0 aliphatic carbocycles. The first kappa shape index (κ1) is 9.53. The third-order valence-electron chi connectivity index (χ3n) is 1.04. The molecule has 0 bridgehead atoms. The van der Waals surface area contributed by atoms with Crippen LogP contribution < -0.4 is 4.18 Å². The average molecular weight is 255 g/mol. The third kappa shape index (κ3) is 2.49. The lowest BCUT2D eigenvalue weighted by atomic mass is 10.7. The number of hydrogen-bond acceptors (Lipinski definition) is 4. The maximum atomic E-state index is 10.9. The van der Waals surface area contributed by atoms with Crippen molar-refractivity contribution in [3.8, 4) is 5.75 Å². The van der Waals surface area contributed by atoms with Gasteiger partial charge >= 0.3 is 10.1 Å². The predicted octanol–water partition coefficient (Wildman–Crippen LogP) is 0.481. The van der Waals surface area contributed by atoms with E-state index < -0.39 is 10.1 Å². The molecule has 0 aliphatic rings. The van der Waals surface area contributed by atoms with E-state index in [2.05, 4.69) is 25.2 Å². The van der Waals surface area contributed by atoms with Gasteiger partial charge in [0.1, 0.15) is 4.66 Å². The molecule has 0 aromatic carbocycles. The zero-order chi connectivity index (χ0) is 9.19. The minimum absolute atomic E-state index is 0.219. The number of nitrogens with zero attached hydrogens (tertiary/aromatic N) is 2. The van der Waals surface area contributed by atoms with Crippen molar-refractivity contribution in [3.63, 3.8) is 0 Å². The zero-order valence-corrected chi connectivity index (χ0v) is 8.67. The second-order valence-corrected chi connectivity index (χ2v) is 4.97. The van der Waals surface area contributed by atoms with E-state index in [1.165, 1.54) is 17.1 Å². The fourth-order valence-corrected chi connectivity index (χ4v) is 1.31. The molecular weight excluding hydrogens is 248 g/mol. The number of aryl methyl sites for hydroxylation is 1. The van der Waals surface area contributed by atoms with Crippen LogP contribution in [0.15, 0.2) is 12.4 Å². The lowest BCUT2D eigenvalue weighted by Gasteiger charge is -1.98. The molecule has 1 aromatic heterocycles. The van der Waals surface area contributed by atoms with Crippen LogP contribution in [-0.4, -0.2) is 22.9 Å². The van der Waals surface area contributed by atoms with Crippen molar-refractivity contribution in [3.05, 3.63) is 12.4 Å². The van der Waals surface area contributed by atoms with Crippen molar-refractivity contribution in [2.45, 2.75) is 0 Å². The minimum atomic E-state index is -3.50. The van der Waals surface area contributed by atoms with E-state index in [-0.39, 0.29) is 10.4 Å². The Morgan fingerprint density at radius 1 is 1.75 bits per heavy atom. The SMILES string of the molecule is Cn1cc(OS(=O)(=O)CBr)cn1. The molecule has 12 heavy (non-hydrogen) atoms. The molecule has 0 saturated carbocycles. The summed E-state index contributed by atoms with van der Waals surface area (Å²) in [7, 11) is -1.82. The van der Waals surface area contributed by atoms with Gasteiger partial charge in [-0.1, -0.05) is 15.9 Å². The Labute approximate surface area is 78.6 Å². The molecule has 0 saturated heterocycles. The highest BCUT2D eigenvalue weighted by molar-refractivity contribution is 9.10. The van der Waals surface area contributed by atoms with Crippen LogP contribution in [0.2, 0.25) is 0 Å². The largest absolute Gasteiger partial charge is 0.378 e. The van der Waals surface area contributed by atoms with E-state index in [1.807, 2.05) is 0 Å². The van der Waals surface area contributed by atoms with Gasteiger partial charge in [-0.05, 0) is 0 Å². The summed E-state index contributed by atoms with van der Waals surface area (Å²) in [6.45, 7) is 0. The summed E-state index contributed by atoms with van der Waals surface area (Å²) in [6.07, 6.45) is 2.81. The van der Waals surface area contributed by atoms with E-state index >= 15 is 0 Å². The standard InChI is InChI=1S/C5H7BrN2O3S/c1-8-3-5(2-7-8)11-12(9,10)4-6/h2-3H,4H2,1H3. The van der Waals surface area contributed by atoms with Gasteiger partial charge in [-0.3, -0.25) is 4.68 Å². The fourth-order valence-electron chi connectivity index (χ4n) is 0.611. The van der Waals surface area contributed by atoms with E-state index in [1.54, 1.807) is 7.05 Å². The first-order valence-corrected chi connectivity index (χ1v) is 5.70. The monoisotopic (exact) mass is 254 g/mol. The van der Waals surface area contributed by atoms with E-state index in [0.29, 0.717) is 0 Å². The summed E-state index contributed by atoms with van der Waals surface area (Å²) in [4.78, 5) is 0. The molecule has 0 aliphatic heterocycles. The van der Waals surface area contributed by atoms with Crippen LogP contribution in [0, 0.1) is 0 Å². The van der Waals surface area contributed by atoms with Crippen molar-refractivity contribution >= 4 is 26.0 Å². The van der Waals surface area contributed by atoms with Gasteiger partial charge in [0.2, 0.25) is 0 Å². The van der Waals surface area contributed by atoms with Crippen LogP contribution in [0.3, 0.4) is 0 Å². The van der Waals surface area contributed by atoms with Crippen molar-refractivity contribution < 1.29 is 12.6 Å². The maximum Gasteiger partial charge on any atom is 0.319 e. The fraction of sp³-hybridized carbons (Fsp3) is 0.400. The van der Waals surface area contributed by atoms with E-state index in [0.717, 1.165) is 0 Å². The van der Waals surface area contributed by atoms with E-state index in [4.69, 9.17) is 0 Å². The molecule has 0 amide bonds. The molecule has 1 heterocycles. The molecule has 0 fully saturated rings. The second kappa shape index (κ2) is 3.44. The van der Waals surface area contributed by atoms with Crippen LogP contribution in [0.4, 0.5) is 0 Å². The Kier molecular flexibility index (Phi) is 2.73. The number of alkyl halides is 1. The van der Waals surface area contributed by atoms with Crippen LogP contribution in [0.5, 0.6) is 5.75 Å². The van der Waals surface area contributed by atoms with Crippen LogP contribution >= 0.6 is 15.9 Å². The molecule has 68 valence electrons. The molecule has 0 spiro atoms. The molecule has 5 nitrogen and oxygen atoms in total. The van der Waals surface area contributed by atoms with Gasteiger partial charge in [0.25, 0.3) is 0 Å². The summed E-state index contributed by atoms with van der Waals surface area (Å²) < 4.78 is 27.6. The van der Waals surface area contributed by atoms with Gasteiger partial charge in [-0.15, -0.1) is 0 Å². The Morgan fingerprint density at radius 2 is 2.42 bits per heavy atom. The van der Waals surface area contributed by atoms with Gasteiger partial charge in [-0.2, -0.15) is 13.5 Å². The quantitative estimate of drug-likeness (QED) is 0.582. The molecule has 0 radical (unpaired) electrons. The van der Waals surface area contributed by atoms with Gasteiger partial charge in [-0.25, -0.2) is 0 Å². The van der Waals surface area contributed by atoms with Crippen LogP contribution in [-0.2, 0) is 17.2 Å². The lowest BCUT2D eigenvalue weighted by molar-refractivity contribution is 0.491. The maximum absolute atomic E-state index is 10.9. The van der Waals surface area contributed by atoms with Gasteiger partial charge in [0.05, 0.1) is 12.4 Å². The van der Waals surface area contributed by atoms with Crippen molar-refractivity contribution in [1.82, 2.24) is 9.78 Å². The summed E-state index contributed by atoms with van der Waals surface area (Å²) in [5, 5.41) is 3.75. The number of aromatic nitrogens is 2.